The maximum Gasteiger partial charge on any atom is 0.252 e. The van der Waals surface area contributed by atoms with Crippen LogP contribution in [0.5, 0.6) is 0 Å². The largest absolute Gasteiger partial charge is 0.394 e. The standard InChI is InChI=1S/C28H51NO9/c1-4-6-8-9-10-11-16-21(31)23(32)27(36)29-20(15-12-14-19(3)13-7-5-2)18-37-28-26(35)25(34)24(33)22(17-30)38-28/h11,13,16,20-26,28,30-35H,4-10,12,14-15,17-18H2,1-3H3,(H,29,36). The second-order valence-electron chi connectivity index (χ2n) is 10.2. The molecule has 0 aromatic heterocycles. The summed E-state index contributed by atoms with van der Waals surface area (Å²) in [5, 5.41) is 62.9. The van der Waals surface area contributed by atoms with Crippen LogP contribution in [-0.4, -0.2) is 98.7 Å². The van der Waals surface area contributed by atoms with Crippen LogP contribution in [0.15, 0.2) is 23.8 Å². The third-order valence-corrected chi connectivity index (χ3v) is 6.71. The van der Waals surface area contributed by atoms with Crippen molar-refractivity contribution >= 4 is 5.91 Å². The molecule has 1 heterocycles. The van der Waals surface area contributed by atoms with Gasteiger partial charge in [0.2, 0.25) is 0 Å². The van der Waals surface area contributed by atoms with E-state index in [1.165, 1.54) is 11.6 Å². The van der Waals surface area contributed by atoms with Crippen molar-refractivity contribution in [3.05, 3.63) is 23.8 Å². The van der Waals surface area contributed by atoms with E-state index in [9.17, 15) is 35.4 Å². The Labute approximate surface area is 227 Å². The van der Waals surface area contributed by atoms with Crippen LogP contribution < -0.4 is 5.32 Å². The van der Waals surface area contributed by atoms with Gasteiger partial charge in [-0.25, -0.2) is 0 Å². The highest BCUT2D eigenvalue weighted by molar-refractivity contribution is 5.81. The lowest BCUT2D eigenvalue weighted by Crippen LogP contribution is -2.59. The molecule has 1 aliphatic rings. The molecule has 0 aromatic carbocycles. The van der Waals surface area contributed by atoms with E-state index < -0.39 is 61.5 Å². The number of aliphatic hydroxyl groups is 6. The molecule has 0 saturated carbocycles. The zero-order chi connectivity index (χ0) is 28.5. The lowest BCUT2D eigenvalue weighted by Gasteiger charge is -2.40. The van der Waals surface area contributed by atoms with E-state index >= 15 is 0 Å². The summed E-state index contributed by atoms with van der Waals surface area (Å²) in [5.74, 6) is -0.756. The predicted octanol–water partition coefficient (Wildman–Crippen LogP) is 1.45. The number of allylic oxidation sites excluding steroid dienone is 3. The van der Waals surface area contributed by atoms with E-state index in [-0.39, 0.29) is 6.61 Å². The molecule has 1 fully saturated rings. The van der Waals surface area contributed by atoms with Gasteiger partial charge >= 0.3 is 0 Å². The van der Waals surface area contributed by atoms with E-state index in [0.29, 0.717) is 12.8 Å². The van der Waals surface area contributed by atoms with Gasteiger partial charge in [0.25, 0.3) is 5.91 Å². The first-order chi connectivity index (χ1) is 18.2. The van der Waals surface area contributed by atoms with E-state index in [1.807, 2.05) is 6.92 Å². The second kappa shape index (κ2) is 19.7. The Hall–Kier alpha value is -1.37. The van der Waals surface area contributed by atoms with Crippen molar-refractivity contribution in [3.8, 4) is 0 Å². The first kappa shape index (κ1) is 34.7. The second-order valence-corrected chi connectivity index (χ2v) is 10.2. The van der Waals surface area contributed by atoms with Gasteiger partial charge in [-0.1, -0.05) is 63.3 Å². The Balaban J connectivity index is 2.75. The van der Waals surface area contributed by atoms with Crippen molar-refractivity contribution in [1.82, 2.24) is 5.32 Å². The van der Waals surface area contributed by atoms with E-state index in [0.717, 1.165) is 51.4 Å². The molecule has 8 unspecified atom stereocenters. The number of carbonyl (C=O) groups is 1. The fraction of sp³-hybridized carbons (Fsp3) is 0.821. The topological polar surface area (TPSA) is 169 Å². The summed E-state index contributed by atoms with van der Waals surface area (Å²) >= 11 is 0. The molecule has 7 N–H and O–H groups in total. The van der Waals surface area contributed by atoms with Gasteiger partial charge in [0.1, 0.15) is 30.5 Å². The number of ether oxygens (including phenoxy) is 2. The zero-order valence-corrected chi connectivity index (χ0v) is 23.2. The first-order valence-corrected chi connectivity index (χ1v) is 14.1. The molecular formula is C28H51NO9. The summed E-state index contributed by atoms with van der Waals surface area (Å²) < 4.78 is 11.0. The molecule has 10 nitrogen and oxygen atoms in total. The maximum absolute atomic E-state index is 12.7. The molecule has 1 amide bonds. The fourth-order valence-corrected chi connectivity index (χ4v) is 4.20. The number of rotatable bonds is 19. The fourth-order valence-electron chi connectivity index (χ4n) is 4.20. The molecule has 0 spiro atoms. The maximum atomic E-state index is 12.7. The smallest absolute Gasteiger partial charge is 0.252 e. The number of nitrogens with one attached hydrogen (secondary N) is 1. The van der Waals surface area contributed by atoms with Crippen LogP contribution in [0, 0.1) is 0 Å². The summed E-state index contributed by atoms with van der Waals surface area (Å²) in [6.07, 6.45) is 4.40. The lowest BCUT2D eigenvalue weighted by molar-refractivity contribution is -0.302. The number of unbranched alkanes of at least 4 members (excludes halogenated alkanes) is 5. The van der Waals surface area contributed by atoms with Crippen LogP contribution in [0.2, 0.25) is 0 Å². The Bertz CT molecular complexity index is 700. The molecule has 8 atom stereocenters. The summed E-state index contributed by atoms with van der Waals surface area (Å²) in [5.41, 5.74) is 1.23. The van der Waals surface area contributed by atoms with E-state index in [4.69, 9.17) is 9.47 Å². The SMILES string of the molecule is CCCC=C(C)CCCC(COC1OC(CO)C(O)C(O)C1O)NC(=O)C(O)C(O)C=CCCCCCC. The minimum atomic E-state index is -1.66. The number of aliphatic hydroxyl groups excluding tert-OH is 6. The number of amides is 1. The highest BCUT2D eigenvalue weighted by atomic mass is 16.7. The molecule has 0 aliphatic carbocycles. The van der Waals surface area contributed by atoms with Crippen LogP contribution in [0.4, 0.5) is 0 Å². The molecule has 0 bridgehead atoms. The number of hydrogen-bond donors (Lipinski definition) is 7. The first-order valence-electron chi connectivity index (χ1n) is 14.1. The molecule has 0 radical (unpaired) electrons. The highest BCUT2D eigenvalue weighted by Crippen LogP contribution is 2.22. The highest BCUT2D eigenvalue weighted by Gasteiger charge is 2.44. The van der Waals surface area contributed by atoms with Gasteiger partial charge < -0.3 is 45.4 Å². The van der Waals surface area contributed by atoms with Gasteiger partial charge in [-0.2, -0.15) is 0 Å². The third kappa shape index (κ3) is 12.7. The molecule has 38 heavy (non-hydrogen) atoms. The van der Waals surface area contributed by atoms with Crippen LogP contribution in [0.3, 0.4) is 0 Å². The molecule has 1 saturated heterocycles. The summed E-state index contributed by atoms with van der Waals surface area (Å²) in [7, 11) is 0. The van der Waals surface area contributed by atoms with Gasteiger partial charge in [-0.05, 0) is 45.4 Å². The van der Waals surface area contributed by atoms with Gasteiger partial charge in [-0.3, -0.25) is 4.79 Å². The van der Waals surface area contributed by atoms with Crippen molar-refractivity contribution in [2.45, 2.75) is 134 Å². The van der Waals surface area contributed by atoms with Crippen molar-refractivity contribution < 1.29 is 44.9 Å². The Morgan fingerprint density at radius 1 is 1.00 bits per heavy atom. The van der Waals surface area contributed by atoms with Gasteiger partial charge in [0.15, 0.2) is 12.4 Å². The molecule has 222 valence electrons. The van der Waals surface area contributed by atoms with Crippen molar-refractivity contribution in [3.63, 3.8) is 0 Å². The van der Waals surface area contributed by atoms with E-state index in [1.54, 1.807) is 6.08 Å². The van der Waals surface area contributed by atoms with Crippen LogP contribution in [0.25, 0.3) is 0 Å². The summed E-state index contributed by atoms with van der Waals surface area (Å²) in [6.45, 7) is 5.57. The number of carbonyl (C=O) groups excluding carboxylic acids is 1. The van der Waals surface area contributed by atoms with Gasteiger partial charge in [-0.15, -0.1) is 0 Å². The Kier molecular flexibility index (Phi) is 17.9. The predicted molar refractivity (Wildman–Crippen MR) is 144 cm³/mol. The average Bonchev–Trinajstić information content (AvgIpc) is 2.91. The van der Waals surface area contributed by atoms with E-state index in [2.05, 4.69) is 25.2 Å². The van der Waals surface area contributed by atoms with Crippen molar-refractivity contribution in [2.24, 2.45) is 0 Å². The Morgan fingerprint density at radius 3 is 2.39 bits per heavy atom. The van der Waals surface area contributed by atoms with Crippen LogP contribution in [0.1, 0.15) is 85.0 Å². The zero-order valence-electron chi connectivity index (χ0n) is 23.2. The Morgan fingerprint density at radius 2 is 1.74 bits per heavy atom. The number of hydrogen-bond acceptors (Lipinski definition) is 9. The summed E-state index contributed by atoms with van der Waals surface area (Å²) in [4.78, 5) is 12.7. The van der Waals surface area contributed by atoms with Gasteiger partial charge in [0.05, 0.1) is 19.3 Å². The summed E-state index contributed by atoms with van der Waals surface area (Å²) in [6, 6.07) is -0.589. The average molecular weight is 546 g/mol. The van der Waals surface area contributed by atoms with Crippen molar-refractivity contribution in [1.29, 1.82) is 0 Å². The molecular weight excluding hydrogens is 494 g/mol. The minimum Gasteiger partial charge on any atom is -0.394 e. The van der Waals surface area contributed by atoms with Gasteiger partial charge in [0, 0.05) is 0 Å². The normalized spacial score (nSPS) is 26.9. The molecule has 10 heteroatoms. The molecule has 1 rings (SSSR count). The van der Waals surface area contributed by atoms with Crippen molar-refractivity contribution in [2.75, 3.05) is 13.2 Å². The lowest BCUT2D eigenvalue weighted by atomic mass is 9.99. The molecule has 0 aromatic rings. The van der Waals surface area contributed by atoms with Crippen LogP contribution >= 0.6 is 0 Å². The minimum absolute atomic E-state index is 0.123. The quantitative estimate of drug-likeness (QED) is 0.0938. The van der Waals surface area contributed by atoms with Crippen LogP contribution in [-0.2, 0) is 14.3 Å². The third-order valence-electron chi connectivity index (χ3n) is 6.71. The monoisotopic (exact) mass is 545 g/mol. The molecule has 1 aliphatic heterocycles.